The van der Waals surface area contributed by atoms with E-state index in [1.54, 1.807) is 12.3 Å². The van der Waals surface area contributed by atoms with E-state index in [1.165, 1.54) is 4.52 Å². The van der Waals surface area contributed by atoms with Gasteiger partial charge in [0.05, 0.1) is 23.7 Å². The summed E-state index contributed by atoms with van der Waals surface area (Å²) in [6.07, 6.45) is 5.07. The van der Waals surface area contributed by atoms with Gasteiger partial charge in [-0.25, -0.2) is 18.2 Å². The summed E-state index contributed by atoms with van der Waals surface area (Å²) in [7, 11) is -3.04. The van der Waals surface area contributed by atoms with Crippen molar-refractivity contribution in [2.45, 2.75) is 18.9 Å². The quantitative estimate of drug-likeness (QED) is 0.427. The summed E-state index contributed by atoms with van der Waals surface area (Å²) in [4.78, 5) is 31.7. The van der Waals surface area contributed by atoms with Gasteiger partial charge in [0.2, 0.25) is 11.8 Å². The van der Waals surface area contributed by atoms with Gasteiger partial charge < -0.3 is 15.0 Å². The molecule has 0 atom stereocenters. The zero-order valence-electron chi connectivity index (χ0n) is 15.2. The molecule has 12 nitrogen and oxygen atoms in total. The van der Waals surface area contributed by atoms with Gasteiger partial charge in [-0.15, -0.1) is 0 Å². The molecule has 0 amide bonds. The molecule has 1 saturated carbocycles. The molecule has 3 aromatic heterocycles. The number of imidazole rings is 1. The highest BCUT2D eigenvalue weighted by Crippen LogP contribution is 2.22. The van der Waals surface area contributed by atoms with E-state index in [2.05, 4.69) is 30.0 Å². The minimum absolute atomic E-state index is 0.0490. The number of nitrogens with zero attached hydrogens (tertiary/aromatic N) is 6. The third kappa shape index (κ3) is 3.48. The topological polar surface area (TPSA) is 162 Å². The van der Waals surface area contributed by atoms with E-state index in [4.69, 9.17) is 0 Å². The highest BCUT2D eigenvalue weighted by atomic mass is 32.2. The van der Waals surface area contributed by atoms with Crippen molar-refractivity contribution >= 4 is 27.5 Å². The molecule has 29 heavy (non-hydrogen) atoms. The van der Waals surface area contributed by atoms with Crippen molar-refractivity contribution in [1.29, 1.82) is 0 Å². The number of hydrogen-bond donors (Lipinski definition) is 3. The van der Waals surface area contributed by atoms with Gasteiger partial charge in [-0.2, -0.15) is 19.6 Å². The lowest BCUT2D eigenvalue weighted by molar-refractivity contribution is 0.454. The molecule has 1 aliphatic carbocycles. The van der Waals surface area contributed by atoms with E-state index in [1.807, 2.05) is 4.90 Å². The number of aromatic hydroxyl groups is 1. The van der Waals surface area contributed by atoms with E-state index in [0.717, 1.165) is 12.8 Å². The molecule has 4 heterocycles. The van der Waals surface area contributed by atoms with Gasteiger partial charge in [0.15, 0.2) is 15.5 Å². The summed E-state index contributed by atoms with van der Waals surface area (Å²) >= 11 is 0. The predicted octanol–water partition coefficient (Wildman–Crippen LogP) is -2.31. The summed E-state index contributed by atoms with van der Waals surface area (Å²) in [6.45, 7) is 0.612. The maximum absolute atomic E-state index is 11.7. The normalized spacial score (nSPS) is 20.6. The maximum Gasteiger partial charge on any atom is 0.326 e. The molecule has 0 unspecified atom stereocenters. The lowest BCUT2D eigenvalue weighted by atomic mass is 10.3. The van der Waals surface area contributed by atoms with E-state index in [0.29, 0.717) is 35.5 Å². The van der Waals surface area contributed by atoms with Crippen molar-refractivity contribution in [2.24, 2.45) is 4.99 Å². The van der Waals surface area contributed by atoms with Gasteiger partial charge in [0, 0.05) is 18.3 Å². The molecular formula is C16H18N8O4S. The molecule has 3 aromatic rings. The number of hydrogen-bond acceptors (Lipinski definition) is 9. The number of nitrogens with one attached hydrogen (secondary N) is 2. The zero-order chi connectivity index (χ0) is 20.2. The molecule has 2 fully saturated rings. The predicted molar refractivity (Wildman–Crippen MR) is 102 cm³/mol. The molecule has 3 N–H and O–H groups in total. The summed E-state index contributed by atoms with van der Waals surface area (Å²) < 4.78 is 25.0. The third-order valence-electron chi connectivity index (χ3n) is 4.87. The van der Waals surface area contributed by atoms with Crippen molar-refractivity contribution in [3.63, 3.8) is 0 Å². The van der Waals surface area contributed by atoms with Crippen LogP contribution in [-0.4, -0.2) is 73.7 Å². The Hall–Kier alpha value is -3.22. The van der Waals surface area contributed by atoms with Crippen LogP contribution in [0.5, 0.6) is 5.88 Å². The highest BCUT2D eigenvalue weighted by Gasteiger charge is 2.25. The summed E-state index contributed by atoms with van der Waals surface area (Å²) in [5, 5.41) is 14.7. The molecule has 13 heteroatoms. The van der Waals surface area contributed by atoms with Gasteiger partial charge in [-0.3, -0.25) is 4.98 Å². The molecule has 0 spiro atoms. The standard InChI is InChI=1S/C16H18N8O4S/c25-13-11(19-16(26)21-13)7-9-8-17-24-12(9)20-14(22-15(24)18-10-1-2-10)23-3-5-29(27,28)6-4-23/h7-8,10,25H,1-6H2,(H2,19,21,26)/b9-7-,18-15?. The van der Waals surface area contributed by atoms with Crippen LogP contribution in [-0.2, 0) is 9.84 Å². The second kappa shape index (κ2) is 6.40. The third-order valence-corrected chi connectivity index (χ3v) is 6.48. The average molecular weight is 418 g/mol. The Labute approximate surface area is 163 Å². The fourth-order valence-corrected chi connectivity index (χ4v) is 4.32. The fourth-order valence-electron chi connectivity index (χ4n) is 3.12. The van der Waals surface area contributed by atoms with Gasteiger partial charge in [0.25, 0.3) is 5.62 Å². The Morgan fingerprint density at radius 3 is 2.62 bits per heavy atom. The van der Waals surface area contributed by atoms with E-state index < -0.39 is 15.5 Å². The summed E-state index contributed by atoms with van der Waals surface area (Å²) in [6, 6.07) is 0.199. The molecule has 1 saturated heterocycles. The van der Waals surface area contributed by atoms with Gasteiger partial charge in [0.1, 0.15) is 5.69 Å². The average Bonchev–Trinajstić information content (AvgIpc) is 3.30. The van der Waals surface area contributed by atoms with Gasteiger partial charge >= 0.3 is 5.69 Å². The molecule has 0 aromatic carbocycles. The molecule has 1 aliphatic heterocycles. The van der Waals surface area contributed by atoms with E-state index in [9.17, 15) is 18.3 Å². The Morgan fingerprint density at radius 1 is 1.21 bits per heavy atom. The van der Waals surface area contributed by atoms with Crippen molar-refractivity contribution < 1.29 is 13.5 Å². The van der Waals surface area contributed by atoms with Crippen molar-refractivity contribution in [3.8, 4) is 5.88 Å². The van der Waals surface area contributed by atoms with Crippen LogP contribution in [0.15, 0.2) is 16.0 Å². The van der Waals surface area contributed by atoms with Crippen LogP contribution in [0, 0.1) is 0 Å². The second-order valence-electron chi connectivity index (χ2n) is 7.14. The number of rotatable bonds is 3. The van der Waals surface area contributed by atoms with E-state index >= 15 is 0 Å². The van der Waals surface area contributed by atoms with Crippen LogP contribution in [0.25, 0.3) is 11.7 Å². The molecular weight excluding hydrogens is 400 g/mol. The lowest BCUT2D eigenvalue weighted by Gasteiger charge is -2.26. The number of fused-ring (bicyclic) bond motifs is 1. The SMILES string of the molecule is O=c1[nH]c(O)c(/C=c2/cnn3c(=NC4CC4)nc(N4CCS(=O)(=O)CC4)nc23)[nH]1. The monoisotopic (exact) mass is 418 g/mol. The summed E-state index contributed by atoms with van der Waals surface area (Å²) in [5.41, 5.74) is 0.519. The Bertz CT molecular complexity index is 1370. The number of H-pyrrole nitrogens is 2. The minimum atomic E-state index is -3.04. The van der Waals surface area contributed by atoms with E-state index in [-0.39, 0.29) is 29.1 Å². The largest absolute Gasteiger partial charge is 0.493 e. The molecule has 5 rings (SSSR count). The summed E-state index contributed by atoms with van der Waals surface area (Å²) in [5.74, 6) is 0.197. The first kappa shape index (κ1) is 17.8. The number of aromatic amines is 2. The number of aromatic nitrogens is 6. The minimum Gasteiger partial charge on any atom is -0.493 e. The van der Waals surface area contributed by atoms with Crippen molar-refractivity contribution in [3.05, 3.63) is 33.2 Å². The van der Waals surface area contributed by atoms with Crippen molar-refractivity contribution in [2.75, 3.05) is 29.5 Å². The van der Waals surface area contributed by atoms with Crippen LogP contribution >= 0.6 is 0 Å². The smallest absolute Gasteiger partial charge is 0.326 e. The lowest BCUT2D eigenvalue weighted by Crippen LogP contribution is -2.42. The molecule has 152 valence electrons. The van der Waals surface area contributed by atoms with Crippen LogP contribution < -0.4 is 21.4 Å². The Morgan fingerprint density at radius 2 is 1.97 bits per heavy atom. The number of anilines is 1. The van der Waals surface area contributed by atoms with Crippen LogP contribution in [0.3, 0.4) is 0 Å². The zero-order valence-corrected chi connectivity index (χ0v) is 16.1. The first-order valence-corrected chi connectivity index (χ1v) is 11.0. The van der Waals surface area contributed by atoms with Crippen LogP contribution in [0.2, 0.25) is 0 Å². The van der Waals surface area contributed by atoms with Crippen molar-refractivity contribution in [1.82, 2.24) is 29.5 Å². The molecule has 0 bridgehead atoms. The van der Waals surface area contributed by atoms with Crippen LogP contribution in [0.1, 0.15) is 18.5 Å². The second-order valence-corrected chi connectivity index (χ2v) is 9.45. The van der Waals surface area contributed by atoms with Crippen LogP contribution in [0.4, 0.5) is 5.95 Å². The van der Waals surface area contributed by atoms with Gasteiger partial charge in [-0.1, -0.05) is 0 Å². The first-order valence-electron chi connectivity index (χ1n) is 9.16. The first-order chi connectivity index (χ1) is 13.9. The van der Waals surface area contributed by atoms with Gasteiger partial charge in [-0.05, 0) is 18.9 Å². The number of sulfone groups is 1. The maximum atomic E-state index is 11.7. The Kier molecular flexibility index (Phi) is 3.94. The Balaban J connectivity index is 1.67. The molecule has 2 aliphatic rings. The highest BCUT2D eigenvalue weighted by molar-refractivity contribution is 7.91. The molecule has 0 radical (unpaired) electrons. The fraction of sp³-hybridized carbons (Fsp3) is 0.438.